The van der Waals surface area contributed by atoms with E-state index >= 15 is 0 Å². The van der Waals surface area contributed by atoms with Crippen LogP contribution >= 0.6 is 0 Å². The molecule has 5 aliphatic carbocycles. The number of hydrogen-bond donors (Lipinski definition) is 0. The van der Waals surface area contributed by atoms with Gasteiger partial charge < -0.3 is 9.47 Å². The largest absolute Gasteiger partial charge is 0.462 e. The summed E-state index contributed by atoms with van der Waals surface area (Å²) in [5.74, 6) is 4.05. The van der Waals surface area contributed by atoms with Gasteiger partial charge in [-0.25, -0.2) is 0 Å². The lowest BCUT2D eigenvalue weighted by molar-refractivity contribution is -0.158. The Kier molecular flexibility index (Phi) is 7.87. The van der Waals surface area contributed by atoms with Gasteiger partial charge in [-0.3, -0.25) is 9.59 Å². The maximum atomic E-state index is 12.8. The Morgan fingerprint density at radius 1 is 0.842 bits per heavy atom. The third-order valence-electron chi connectivity index (χ3n) is 11.6. The van der Waals surface area contributed by atoms with Gasteiger partial charge in [0, 0.05) is 18.3 Å². The number of ether oxygens (including phenoxy) is 2. The zero-order valence-corrected chi connectivity index (χ0v) is 23.6. The van der Waals surface area contributed by atoms with Gasteiger partial charge in [0.05, 0.1) is 0 Å². The molecule has 38 heavy (non-hydrogen) atoms. The Labute approximate surface area is 229 Å². The smallest absolute Gasteiger partial charge is 0.311 e. The molecule has 5 atom stereocenters. The number of aryl methyl sites for hydroxylation is 1. The van der Waals surface area contributed by atoms with Gasteiger partial charge in [-0.05, 0) is 104 Å². The predicted molar refractivity (Wildman–Crippen MR) is 149 cm³/mol. The third kappa shape index (κ3) is 5.43. The topological polar surface area (TPSA) is 52.6 Å². The second-order valence-electron chi connectivity index (χ2n) is 13.7. The average molecular weight is 521 g/mol. The molecule has 208 valence electrons. The van der Waals surface area contributed by atoms with Crippen LogP contribution in [-0.2, 0) is 20.7 Å². The first-order valence-corrected chi connectivity index (χ1v) is 16.0. The van der Waals surface area contributed by atoms with E-state index < -0.39 is 0 Å². The zero-order valence-electron chi connectivity index (χ0n) is 23.6. The number of carbonyl (C=O) groups is 2. The Hall–Kier alpha value is -1.84. The highest BCUT2D eigenvalue weighted by atomic mass is 16.5. The van der Waals surface area contributed by atoms with Crippen molar-refractivity contribution in [3.63, 3.8) is 0 Å². The summed E-state index contributed by atoms with van der Waals surface area (Å²) in [5.41, 5.74) is 2.98. The van der Waals surface area contributed by atoms with Gasteiger partial charge in [0.15, 0.2) is 0 Å². The van der Waals surface area contributed by atoms with Crippen LogP contribution in [0.15, 0.2) is 18.2 Å². The number of hydrogen-bond acceptors (Lipinski definition) is 4. The minimum atomic E-state index is -0.0752. The zero-order chi connectivity index (χ0) is 26.1. The molecular formula is C34H48O4. The molecule has 0 saturated heterocycles. The molecule has 0 N–H and O–H groups in total. The van der Waals surface area contributed by atoms with Crippen molar-refractivity contribution in [2.24, 2.45) is 29.1 Å². The summed E-state index contributed by atoms with van der Waals surface area (Å²) in [4.78, 5) is 25.3. The Balaban J connectivity index is 1.05. The van der Waals surface area contributed by atoms with E-state index in [9.17, 15) is 9.59 Å². The summed E-state index contributed by atoms with van der Waals surface area (Å²) in [6.45, 7) is 2.42. The number of rotatable bonds is 8. The summed E-state index contributed by atoms with van der Waals surface area (Å²) in [7, 11) is 0. The van der Waals surface area contributed by atoms with E-state index in [1.807, 2.05) is 6.07 Å². The van der Waals surface area contributed by atoms with Crippen LogP contribution in [-0.4, -0.2) is 18.0 Å². The van der Waals surface area contributed by atoms with Crippen LogP contribution in [0, 0.1) is 29.1 Å². The van der Waals surface area contributed by atoms with Gasteiger partial charge >= 0.3 is 11.9 Å². The van der Waals surface area contributed by atoms with Crippen LogP contribution in [0.5, 0.6) is 5.75 Å². The van der Waals surface area contributed by atoms with Gasteiger partial charge in [0.25, 0.3) is 0 Å². The van der Waals surface area contributed by atoms with Crippen molar-refractivity contribution in [2.75, 3.05) is 0 Å². The first kappa shape index (κ1) is 26.4. The van der Waals surface area contributed by atoms with Gasteiger partial charge in [-0.1, -0.05) is 64.4 Å². The molecular weight excluding hydrogens is 472 g/mol. The quantitative estimate of drug-likeness (QED) is 0.255. The number of fused-ring (bicyclic) bond motifs is 5. The number of carbonyl (C=O) groups excluding carboxylic acids is 2. The second kappa shape index (κ2) is 11.3. The Morgan fingerprint density at radius 3 is 2.24 bits per heavy atom. The normalized spacial score (nSPS) is 33.0. The molecule has 4 saturated carbocycles. The maximum Gasteiger partial charge on any atom is 0.311 e. The van der Waals surface area contributed by atoms with Crippen molar-refractivity contribution in [1.29, 1.82) is 0 Å². The lowest BCUT2D eigenvalue weighted by Crippen LogP contribution is -2.45. The molecule has 0 aromatic heterocycles. The molecule has 4 fully saturated rings. The van der Waals surface area contributed by atoms with Gasteiger partial charge in [-0.2, -0.15) is 0 Å². The molecule has 0 heterocycles. The molecule has 0 radical (unpaired) electrons. The molecule has 4 nitrogen and oxygen atoms in total. The van der Waals surface area contributed by atoms with Gasteiger partial charge in [0.2, 0.25) is 0 Å². The van der Waals surface area contributed by atoms with Crippen molar-refractivity contribution in [3.8, 4) is 5.75 Å². The van der Waals surface area contributed by atoms with E-state index in [0.717, 1.165) is 49.7 Å². The summed E-state index contributed by atoms with van der Waals surface area (Å²) >= 11 is 0. The maximum absolute atomic E-state index is 12.8. The van der Waals surface area contributed by atoms with Crippen molar-refractivity contribution in [3.05, 3.63) is 29.3 Å². The summed E-state index contributed by atoms with van der Waals surface area (Å²) in [5, 5.41) is 0. The fourth-order valence-corrected chi connectivity index (χ4v) is 9.41. The van der Waals surface area contributed by atoms with Crippen LogP contribution in [0.2, 0.25) is 0 Å². The van der Waals surface area contributed by atoms with Crippen molar-refractivity contribution in [1.82, 2.24) is 0 Å². The van der Waals surface area contributed by atoms with Gasteiger partial charge in [0.1, 0.15) is 11.9 Å². The fourth-order valence-electron chi connectivity index (χ4n) is 9.41. The average Bonchev–Trinajstić information content (AvgIpc) is 3.68. The van der Waals surface area contributed by atoms with E-state index in [2.05, 4.69) is 19.1 Å². The molecule has 0 amide bonds. The molecule has 0 bridgehead atoms. The minimum absolute atomic E-state index is 0.0465. The third-order valence-corrected chi connectivity index (χ3v) is 11.6. The van der Waals surface area contributed by atoms with Crippen molar-refractivity contribution < 1.29 is 19.1 Å². The first-order chi connectivity index (χ1) is 18.5. The molecule has 1 aromatic rings. The highest BCUT2D eigenvalue weighted by Crippen LogP contribution is 2.61. The summed E-state index contributed by atoms with van der Waals surface area (Å²) in [6, 6.07) is 6.44. The Morgan fingerprint density at radius 2 is 1.53 bits per heavy atom. The molecule has 5 unspecified atom stereocenters. The van der Waals surface area contributed by atoms with Crippen LogP contribution in [0.4, 0.5) is 0 Å². The van der Waals surface area contributed by atoms with Crippen molar-refractivity contribution in [2.45, 2.75) is 135 Å². The van der Waals surface area contributed by atoms with Crippen LogP contribution in [0.25, 0.3) is 0 Å². The molecule has 0 aliphatic heterocycles. The van der Waals surface area contributed by atoms with Crippen LogP contribution < -0.4 is 4.74 Å². The van der Waals surface area contributed by atoms with Crippen molar-refractivity contribution >= 4 is 11.9 Å². The van der Waals surface area contributed by atoms with Crippen LogP contribution in [0.1, 0.15) is 133 Å². The lowest BCUT2D eigenvalue weighted by atomic mass is 9.55. The van der Waals surface area contributed by atoms with E-state index in [4.69, 9.17) is 9.47 Å². The highest BCUT2D eigenvalue weighted by Gasteiger charge is 2.56. The first-order valence-electron chi connectivity index (χ1n) is 16.0. The SMILES string of the molecule is CC12CCC3c4ccc(OC(=O)CCC5CCCC5)cc4CCC3C1CCC2OC(=O)CCC1CCCC1. The summed E-state index contributed by atoms with van der Waals surface area (Å²) < 4.78 is 12.0. The molecule has 4 heteroatoms. The fraction of sp³-hybridized carbons (Fsp3) is 0.765. The van der Waals surface area contributed by atoms with Gasteiger partial charge in [-0.15, -0.1) is 0 Å². The summed E-state index contributed by atoms with van der Waals surface area (Å²) in [6.07, 6.45) is 20.5. The molecule has 6 rings (SSSR count). The van der Waals surface area contributed by atoms with E-state index in [1.165, 1.54) is 81.8 Å². The predicted octanol–water partition coefficient (Wildman–Crippen LogP) is 8.30. The van der Waals surface area contributed by atoms with E-state index in [1.54, 1.807) is 0 Å². The minimum Gasteiger partial charge on any atom is -0.462 e. The monoisotopic (exact) mass is 520 g/mol. The second-order valence-corrected chi connectivity index (χ2v) is 13.7. The Bertz CT molecular complexity index is 1000. The molecule has 5 aliphatic rings. The molecule has 1 aromatic carbocycles. The van der Waals surface area contributed by atoms with E-state index in [0.29, 0.717) is 30.6 Å². The number of esters is 2. The standard InChI is InChI=1S/C34H48O4/c1-34-21-20-28-27-15-13-26(37-32(35)18-10-23-6-2-3-7-23)22-25(27)12-14-29(28)30(34)16-17-31(34)38-33(36)19-11-24-8-4-5-9-24/h13,15,22-24,28-31H,2-12,14,16-21H2,1H3. The van der Waals surface area contributed by atoms with E-state index in [-0.39, 0.29) is 23.5 Å². The molecule has 0 spiro atoms. The number of benzene rings is 1. The highest BCUT2D eigenvalue weighted by molar-refractivity contribution is 5.72. The van der Waals surface area contributed by atoms with Crippen LogP contribution in [0.3, 0.4) is 0 Å². The lowest BCUT2D eigenvalue weighted by Gasteiger charge is -2.50.